The average molecular weight is 464 g/mol. The number of methoxy groups -OCH3 is 2. The summed E-state index contributed by atoms with van der Waals surface area (Å²) in [6.07, 6.45) is -0.916. The van der Waals surface area contributed by atoms with Crippen LogP contribution in [-0.2, 0) is 30.9 Å². The van der Waals surface area contributed by atoms with Crippen LogP contribution in [0.2, 0.25) is 0 Å². The van der Waals surface area contributed by atoms with Gasteiger partial charge in [-0.2, -0.15) is 4.31 Å². The van der Waals surface area contributed by atoms with E-state index in [-0.39, 0.29) is 31.1 Å². The summed E-state index contributed by atoms with van der Waals surface area (Å²) in [4.78, 5) is 24.3. The third kappa shape index (κ3) is 5.55. The molecule has 1 heterocycles. The van der Waals surface area contributed by atoms with Crippen molar-refractivity contribution in [2.75, 3.05) is 33.9 Å². The number of carbonyl (C=O) groups excluding carboxylic acids is 2. The van der Waals surface area contributed by atoms with E-state index < -0.39 is 28.1 Å². The highest BCUT2D eigenvalue weighted by molar-refractivity contribution is 7.89. The number of amides is 2. The molecular weight excluding hydrogens is 438 g/mol. The topological polar surface area (TPSA) is 123 Å². The van der Waals surface area contributed by atoms with E-state index in [0.717, 1.165) is 9.87 Å². The van der Waals surface area contributed by atoms with Gasteiger partial charge in [-0.25, -0.2) is 8.42 Å². The lowest BCUT2D eigenvalue weighted by Crippen LogP contribution is -2.47. The van der Waals surface area contributed by atoms with Crippen molar-refractivity contribution in [3.63, 3.8) is 0 Å². The van der Waals surface area contributed by atoms with Crippen molar-refractivity contribution in [2.24, 2.45) is 0 Å². The first kappa shape index (κ1) is 23.5. The van der Waals surface area contributed by atoms with E-state index in [9.17, 15) is 18.0 Å². The van der Waals surface area contributed by atoms with Gasteiger partial charge < -0.3 is 24.8 Å². The number of nitrogens with one attached hydrogen (secondary N) is 2. The molecule has 2 aromatic rings. The van der Waals surface area contributed by atoms with Gasteiger partial charge in [0.25, 0.3) is 0 Å². The fourth-order valence-electron chi connectivity index (χ4n) is 3.09. The van der Waals surface area contributed by atoms with Crippen molar-refractivity contribution in [1.29, 1.82) is 0 Å². The molecule has 0 spiro atoms. The second-order valence-electron chi connectivity index (χ2n) is 6.86. The number of hydrogen-bond acceptors (Lipinski definition) is 7. The van der Waals surface area contributed by atoms with E-state index in [1.54, 1.807) is 43.5 Å². The normalized spacial score (nSPS) is 16.4. The molecule has 1 aliphatic heterocycles. The zero-order valence-electron chi connectivity index (χ0n) is 17.7. The lowest BCUT2D eigenvalue weighted by Gasteiger charge is -2.23. The number of ether oxygens (including phenoxy) is 3. The second-order valence-corrected chi connectivity index (χ2v) is 8.75. The molecule has 0 aromatic heterocycles. The molecule has 0 saturated carbocycles. The van der Waals surface area contributed by atoms with Crippen molar-refractivity contribution in [2.45, 2.75) is 17.7 Å². The molecule has 0 unspecified atom stereocenters. The minimum atomic E-state index is -3.84. The molecule has 172 valence electrons. The minimum Gasteiger partial charge on any atom is -0.497 e. The van der Waals surface area contributed by atoms with Gasteiger partial charge in [0.05, 0.1) is 32.3 Å². The minimum absolute atomic E-state index is 0.0809. The van der Waals surface area contributed by atoms with Gasteiger partial charge in [0.2, 0.25) is 10.0 Å². The van der Waals surface area contributed by atoms with Crippen LogP contribution in [0.25, 0.3) is 0 Å². The largest absolute Gasteiger partial charge is 0.497 e. The van der Waals surface area contributed by atoms with Gasteiger partial charge in [0, 0.05) is 13.1 Å². The van der Waals surface area contributed by atoms with Crippen LogP contribution in [0.5, 0.6) is 11.5 Å². The van der Waals surface area contributed by atoms with Crippen LogP contribution in [0, 0.1) is 0 Å². The van der Waals surface area contributed by atoms with Crippen LogP contribution in [0.3, 0.4) is 0 Å². The van der Waals surface area contributed by atoms with Gasteiger partial charge in [-0.3, -0.25) is 9.59 Å². The summed E-state index contributed by atoms with van der Waals surface area (Å²) in [5, 5.41) is 4.94. The number of hydrogen-bond donors (Lipinski definition) is 2. The number of rotatable bonds is 8. The molecule has 2 amide bonds. The van der Waals surface area contributed by atoms with Crippen molar-refractivity contribution < 1.29 is 32.2 Å². The average Bonchev–Trinajstić information content (AvgIpc) is 3.31. The Labute approximate surface area is 186 Å². The molecule has 1 aliphatic rings. The zero-order chi connectivity index (χ0) is 23.1. The van der Waals surface area contributed by atoms with Crippen molar-refractivity contribution in [3.05, 3.63) is 54.1 Å². The Morgan fingerprint density at radius 1 is 0.969 bits per heavy atom. The molecule has 0 radical (unpaired) electrons. The molecule has 0 bridgehead atoms. The van der Waals surface area contributed by atoms with Gasteiger partial charge >= 0.3 is 11.8 Å². The van der Waals surface area contributed by atoms with E-state index in [2.05, 4.69) is 10.6 Å². The third-order valence-corrected chi connectivity index (χ3v) is 6.77. The van der Waals surface area contributed by atoms with E-state index in [0.29, 0.717) is 11.5 Å². The third-order valence-electron chi connectivity index (χ3n) is 4.86. The number of benzene rings is 2. The quantitative estimate of drug-likeness (QED) is 0.546. The Morgan fingerprint density at radius 3 is 2.12 bits per heavy atom. The maximum atomic E-state index is 12.9. The first-order chi connectivity index (χ1) is 15.3. The number of carbonyl (C=O) groups is 2. The van der Waals surface area contributed by atoms with Gasteiger partial charge in [-0.15, -0.1) is 0 Å². The molecule has 10 nitrogen and oxygen atoms in total. The highest BCUT2D eigenvalue weighted by Crippen LogP contribution is 2.24. The Bertz CT molecular complexity index is 1040. The highest BCUT2D eigenvalue weighted by Gasteiger charge is 2.36. The standard InChI is InChI=1S/C21H25N3O7S/c1-29-16-5-3-15(4-6-16)13-22-20(25)21(26)23-14-19-24(11-12-31-19)32(27,28)18-9-7-17(30-2)8-10-18/h3-10,19H,11-14H2,1-2H3,(H,22,25)(H,23,26)/t19-/m1/s1. The van der Waals surface area contributed by atoms with Crippen molar-refractivity contribution >= 4 is 21.8 Å². The molecule has 1 fully saturated rings. The van der Waals surface area contributed by atoms with Gasteiger partial charge in [0.15, 0.2) is 0 Å². The summed E-state index contributed by atoms with van der Waals surface area (Å²) in [5.41, 5.74) is 0.794. The summed E-state index contributed by atoms with van der Waals surface area (Å²) in [5.74, 6) is -0.492. The van der Waals surface area contributed by atoms with Crippen LogP contribution in [0.1, 0.15) is 5.56 Å². The smallest absolute Gasteiger partial charge is 0.309 e. The maximum Gasteiger partial charge on any atom is 0.309 e. The summed E-state index contributed by atoms with van der Waals surface area (Å²) in [7, 11) is -0.798. The Balaban J connectivity index is 1.54. The van der Waals surface area contributed by atoms with Gasteiger partial charge in [0.1, 0.15) is 17.7 Å². The van der Waals surface area contributed by atoms with Gasteiger partial charge in [-0.1, -0.05) is 12.1 Å². The molecule has 1 saturated heterocycles. The summed E-state index contributed by atoms with van der Waals surface area (Å²) >= 11 is 0. The summed E-state index contributed by atoms with van der Waals surface area (Å²) < 4.78 is 42.6. The predicted molar refractivity (Wildman–Crippen MR) is 114 cm³/mol. The van der Waals surface area contributed by atoms with Crippen molar-refractivity contribution in [3.8, 4) is 11.5 Å². The fourth-order valence-corrected chi connectivity index (χ4v) is 4.60. The first-order valence-electron chi connectivity index (χ1n) is 9.81. The van der Waals surface area contributed by atoms with E-state index in [4.69, 9.17) is 14.2 Å². The molecule has 11 heteroatoms. The molecule has 2 aromatic carbocycles. The predicted octanol–water partition coefficient (Wildman–Crippen LogP) is 0.483. The first-order valence-corrected chi connectivity index (χ1v) is 11.3. The van der Waals surface area contributed by atoms with Gasteiger partial charge in [-0.05, 0) is 42.0 Å². The molecule has 32 heavy (non-hydrogen) atoms. The molecule has 1 atom stereocenters. The van der Waals surface area contributed by atoms with E-state index in [1.807, 2.05) is 0 Å². The summed E-state index contributed by atoms with van der Waals surface area (Å²) in [6, 6.07) is 13.0. The number of nitrogens with zero attached hydrogens (tertiary/aromatic N) is 1. The van der Waals surface area contributed by atoms with Crippen LogP contribution in [0.15, 0.2) is 53.4 Å². The lowest BCUT2D eigenvalue weighted by molar-refractivity contribution is -0.139. The van der Waals surface area contributed by atoms with Crippen LogP contribution in [-0.4, -0.2) is 64.7 Å². The molecule has 3 rings (SSSR count). The SMILES string of the molecule is COc1ccc(CNC(=O)C(=O)NC[C@H]2OCCN2S(=O)(=O)c2ccc(OC)cc2)cc1. The monoisotopic (exact) mass is 463 g/mol. The summed E-state index contributed by atoms with van der Waals surface area (Å²) in [6.45, 7) is 0.316. The van der Waals surface area contributed by atoms with Crippen LogP contribution in [0.4, 0.5) is 0 Å². The zero-order valence-corrected chi connectivity index (χ0v) is 18.6. The molecular formula is C21H25N3O7S. The lowest BCUT2D eigenvalue weighted by atomic mass is 10.2. The highest BCUT2D eigenvalue weighted by atomic mass is 32.2. The Hall–Kier alpha value is -3.15. The Morgan fingerprint density at radius 2 is 1.53 bits per heavy atom. The van der Waals surface area contributed by atoms with E-state index in [1.165, 1.54) is 19.2 Å². The molecule has 0 aliphatic carbocycles. The van der Waals surface area contributed by atoms with E-state index >= 15 is 0 Å². The van der Waals surface area contributed by atoms with Crippen LogP contribution < -0.4 is 20.1 Å². The molecule has 2 N–H and O–H groups in total. The number of sulfonamides is 1. The second kappa shape index (κ2) is 10.4. The van der Waals surface area contributed by atoms with Crippen molar-refractivity contribution in [1.82, 2.24) is 14.9 Å². The fraction of sp³-hybridized carbons (Fsp3) is 0.333. The Kier molecular flexibility index (Phi) is 7.67. The van der Waals surface area contributed by atoms with Crippen LogP contribution >= 0.6 is 0 Å². The maximum absolute atomic E-state index is 12.9.